The van der Waals surface area contributed by atoms with Crippen LogP contribution in [0.15, 0.2) is 76.8 Å². The van der Waals surface area contributed by atoms with E-state index >= 15 is 0 Å². The topological polar surface area (TPSA) is 73.0 Å². The first-order chi connectivity index (χ1) is 14.1. The molecular formula is C21H17FN4O2S. The highest BCUT2D eigenvalue weighted by atomic mass is 32.2. The lowest BCUT2D eigenvalue weighted by Gasteiger charge is -2.07. The van der Waals surface area contributed by atoms with Crippen molar-refractivity contribution in [2.24, 2.45) is 0 Å². The van der Waals surface area contributed by atoms with Gasteiger partial charge in [-0.3, -0.25) is 9.36 Å². The van der Waals surface area contributed by atoms with E-state index in [-0.39, 0.29) is 17.5 Å². The van der Waals surface area contributed by atoms with Gasteiger partial charge in [0, 0.05) is 17.6 Å². The van der Waals surface area contributed by atoms with E-state index in [0.29, 0.717) is 29.0 Å². The maximum Gasteiger partial charge on any atom is 0.234 e. The number of rotatable bonds is 7. The van der Waals surface area contributed by atoms with Crippen LogP contribution < -0.4 is 5.32 Å². The van der Waals surface area contributed by atoms with Crippen LogP contribution in [0.1, 0.15) is 0 Å². The molecule has 0 atom stereocenters. The molecule has 6 nitrogen and oxygen atoms in total. The van der Waals surface area contributed by atoms with E-state index in [0.717, 1.165) is 11.0 Å². The molecule has 0 radical (unpaired) electrons. The Balaban J connectivity index is 1.51. The number of aromatic nitrogens is 3. The van der Waals surface area contributed by atoms with Crippen molar-refractivity contribution in [1.82, 2.24) is 14.8 Å². The summed E-state index contributed by atoms with van der Waals surface area (Å²) in [7, 11) is 0. The van der Waals surface area contributed by atoms with Crippen molar-refractivity contribution in [3.05, 3.63) is 73.1 Å². The molecule has 1 N–H and O–H groups in total. The maximum atomic E-state index is 13.0. The molecule has 0 fully saturated rings. The summed E-state index contributed by atoms with van der Waals surface area (Å²) in [5.41, 5.74) is 1.30. The molecule has 0 unspecified atom stereocenters. The summed E-state index contributed by atoms with van der Waals surface area (Å²) >= 11 is 1.25. The van der Waals surface area contributed by atoms with E-state index in [9.17, 15) is 9.18 Å². The van der Waals surface area contributed by atoms with Crippen LogP contribution in [-0.2, 0) is 11.3 Å². The number of thioether (sulfide) groups is 1. The van der Waals surface area contributed by atoms with Gasteiger partial charge in [-0.05, 0) is 36.4 Å². The molecule has 0 aliphatic rings. The zero-order valence-corrected chi connectivity index (χ0v) is 16.2. The first-order valence-electron chi connectivity index (χ1n) is 8.85. The molecule has 8 heteroatoms. The summed E-state index contributed by atoms with van der Waals surface area (Å²) in [6.45, 7) is 4.26. The third kappa shape index (κ3) is 4.22. The number of carbonyl (C=O) groups excluding carboxylic acids is 1. The van der Waals surface area contributed by atoms with Gasteiger partial charge in [0.25, 0.3) is 0 Å². The van der Waals surface area contributed by atoms with Gasteiger partial charge < -0.3 is 9.73 Å². The Hall–Kier alpha value is -3.39. The number of fused-ring (bicyclic) bond motifs is 1. The number of nitrogens with zero attached hydrogens (tertiary/aromatic N) is 3. The lowest BCUT2D eigenvalue weighted by atomic mass is 10.2. The third-order valence-electron chi connectivity index (χ3n) is 4.13. The van der Waals surface area contributed by atoms with Crippen molar-refractivity contribution < 1.29 is 13.6 Å². The largest absolute Gasteiger partial charge is 0.453 e. The highest BCUT2D eigenvalue weighted by Crippen LogP contribution is 2.29. The molecule has 0 spiro atoms. The number of amides is 1. The lowest BCUT2D eigenvalue weighted by Crippen LogP contribution is -2.14. The van der Waals surface area contributed by atoms with E-state index in [1.165, 1.54) is 36.0 Å². The Bertz CT molecular complexity index is 1130. The monoisotopic (exact) mass is 408 g/mol. The molecule has 0 aliphatic heterocycles. The van der Waals surface area contributed by atoms with Crippen molar-refractivity contribution >= 4 is 34.3 Å². The number of halogens is 1. The van der Waals surface area contributed by atoms with Crippen molar-refractivity contribution in [2.45, 2.75) is 11.7 Å². The SMILES string of the molecule is C=CCn1c(SCC(=O)Nc2ccc(F)cc2)nnc1-c1cc2ccccc2o1. The van der Waals surface area contributed by atoms with Crippen LogP contribution in [0, 0.1) is 5.82 Å². The van der Waals surface area contributed by atoms with Gasteiger partial charge in [-0.25, -0.2) is 4.39 Å². The molecule has 2 aromatic carbocycles. The van der Waals surface area contributed by atoms with E-state index in [1.54, 1.807) is 6.08 Å². The second-order valence-corrected chi connectivity index (χ2v) is 7.14. The van der Waals surface area contributed by atoms with Gasteiger partial charge in [-0.1, -0.05) is 36.0 Å². The van der Waals surface area contributed by atoms with E-state index in [2.05, 4.69) is 22.1 Å². The molecular weight excluding hydrogens is 391 g/mol. The molecule has 146 valence electrons. The number of anilines is 1. The fourth-order valence-corrected chi connectivity index (χ4v) is 3.57. The Morgan fingerprint density at radius 2 is 2.00 bits per heavy atom. The van der Waals surface area contributed by atoms with Crippen LogP contribution >= 0.6 is 11.8 Å². The van der Waals surface area contributed by atoms with E-state index < -0.39 is 0 Å². The standard InChI is InChI=1S/C21H17FN4O2S/c1-2-11-26-20(18-12-14-5-3-4-6-17(14)28-18)24-25-21(26)29-13-19(27)23-16-9-7-15(22)8-10-16/h2-10,12H,1,11,13H2,(H,23,27). The summed E-state index contributed by atoms with van der Waals surface area (Å²) in [5, 5.41) is 12.7. The molecule has 0 saturated heterocycles. The van der Waals surface area contributed by atoms with Crippen LogP contribution in [0.4, 0.5) is 10.1 Å². The van der Waals surface area contributed by atoms with Crippen LogP contribution in [0.2, 0.25) is 0 Å². The van der Waals surface area contributed by atoms with Gasteiger partial charge in [-0.2, -0.15) is 0 Å². The Kier molecular flexibility index (Phi) is 5.44. The smallest absolute Gasteiger partial charge is 0.234 e. The van der Waals surface area contributed by atoms with Gasteiger partial charge >= 0.3 is 0 Å². The van der Waals surface area contributed by atoms with Crippen LogP contribution in [0.5, 0.6) is 0 Å². The molecule has 29 heavy (non-hydrogen) atoms. The van der Waals surface area contributed by atoms with E-state index in [1.807, 2.05) is 34.9 Å². The number of hydrogen-bond acceptors (Lipinski definition) is 5. The predicted molar refractivity (Wildman–Crippen MR) is 111 cm³/mol. The minimum Gasteiger partial charge on any atom is -0.453 e. The minimum atomic E-state index is -0.354. The summed E-state index contributed by atoms with van der Waals surface area (Å²) in [6.07, 6.45) is 1.73. The molecule has 2 aromatic heterocycles. The first kappa shape index (κ1) is 18.9. The lowest BCUT2D eigenvalue weighted by molar-refractivity contribution is -0.113. The Morgan fingerprint density at radius 1 is 1.21 bits per heavy atom. The molecule has 0 aliphatic carbocycles. The Morgan fingerprint density at radius 3 is 2.76 bits per heavy atom. The number of para-hydroxylation sites is 1. The zero-order valence-electron chi connectivity index (χ0n) is 15.3. The second-order valence-electron chi connectivity index (χ2n) is 6.20. The number of nitrogens with one attached hydrogen (secondary N) is 1. The molecule has 0 bridgehead atoms. The molecule has 0 saturated carbocycles. The van der Waals surface area contributed by atoms with Gasteiger partial charge in [0.2, 0.25) is 11.7 Å². The molecule has 2 heterocycles. The van der Waals surface area contributed by atoms with Gasteiger partial charge in [0.15, 0.2) is 10.9 Å². The summed E-state index contributed by atoms with van der Waals surface area (Å²) < 4.78 is 20.7. The number of allylic oxidation sites excluding steroid dienone is 1. The molecule has 4 aromatic rings. The average Bonchev–Trinajstić information content (AvgIpc) is 3.32. The van der Waals surface area contributed by atoms with Crippen LogP contribution in [-0.4, -0.2) is 26.4 Å². The zero-order chi connectivity index (χ0) is 20.2. The normalized spacial score (nSPS) is 10.9. The van der Waals surface area contributed by atoms with Gasteiger partial charge in [-0.15, -0.1) is 16.8 Å². The number of furan rings is 1. The Labute approximate surface area is 170 Å². The number of benzene rings is 2. The number of hydrogen-bond donors (Lipinski definition) is 1. The second kappa shape index (κ2) is 8.32. The highest BCUT2D eigenvalue weighted by Gasteiger charge is 2.18. The summed E-state index contributed by atoms with van der Waals surface area (Å²) in [4.78, 5) is 12.2. The van der Waals surface area contributed by atoms with Crippen LogP contribution in [0.25, 0.3) is 22.6 Å². The average molecular weight is 408 g/mol. The first-order valence-corrected chi connectivity index (χ1v) is 9.84. The fourth-order valence-electron chi connectivity index (χ4n) is 2.82. The van der Waals surface area contributed by atoms with Gasteiger partial charge in [0.05, 0.1) is 5.75 Å². The van der Waals surface area contributed by atoms with Crippen molar-refractivity contribution in [3.8, 4) is 11.6 Å². The number of carbonyl (C=O) groups is 1. The van der Waals surface area contributed by atoms with Crippen LogP contribution in [0.3, 0.4) is 0 Å². The molecule has 1 amide bonds. The third-order valence-corrected chi connectivity index (χ3v) is 5.10. The fraction of sp³-hybridized carbons (Fsp3) is 0.0952. The summed E-state index contributed by atoms with van der Waals surface area (Å²) in [5.74, 6) is 0.728. The maximum absolute atomic E-state index is 13.0. The van der Waals surface area contributed by atoms with E-state index in [4.69, 9.17) is 4.42 Å². The van der Waals surface area contributed by atoms with Crippen molar-refractivity contribution in [1.29, 1.82) is 0 Å². The minimum absolute atomic E-state index is 0.132. The summed E-state index contributed by atoms with van der Waals surface area (Å²) in [6, 6.07) is 15.2. The predicted octanol–water partition coefficient (Wildman–Crippen LogP) is 4.75. The molecule has 4 rings (SSSR count). The van der Waals surface area contributed by atoms with Crippen molar-refractivity contribution in [2.75, 3.05) is 11.1 Å². The van der Waals surface area contributed by atoms with Crippen molar-refractivity contribution in [3.63, 3.8) is 0 Å². The highest BCUT2D eigenvalue weighted by molar-refractivity contribution is 7.99. The van der Waals surface area contributed by atoms with Gasteiger partial charge in [0.1, 0.15) is 11.4 Å². The quantitative estimate of drug-likeness (QED) is 0.353.